The van der Waals surface area contributed by atoms with Gasteiger partial charge in [0.15, 0.2) is 5.96 Å². The van der Waals surface area contributed by atoms with Crippen molar-refractivity contribution in [3.8, 4) is 5.75 Å². The Labute approximate surface area is 168 Å². The lowest BCUT2D eigenvalue weighted by atomic mass is 10.1. The van der Waals surface area contributed by atoms with Crippen LogP contribution >= 0.6 is 11.8 Å². The summed E-state index contributed by atoms with van der Waals surface area (Å²) in [5.74, 6) is 3.79. The summed E-state index contributed by atoms with van der Waals surface area (Å²) in [6.45, 7) is 12.9. The van der Waals surface area contributed by atoms with Crippen LogP contribution in [-0.4, -0.2) is 67.7 Å². The second-order valence-corrected chi connectivity index (χ2v) is 9.83. The highest BCUT2D eigenvalue weighted by atomic mass is 32.2. The molecule has 6 heteroatoms. The van der Waals surface area contributed by atoms with Crippen molar-refractivity contribution in [3.05, 3.63) is 24.3 Å². The van der Waals surface area contributed by atoms with E-state index in [1.165, 1.54) is 17.9 Å². The lowest BCUT2D eigenvalue weighted by Gasteiger charge is -2.39. The first-order chi connectivity index (χ1) is 13.0. The molecule has 0 saturated carbocycles. The van der Waals surface area contributed by atoms with E-state index >= 15 is 0 Å². The summed E-state index contributed by atoms with van der Waals surface area (Å²) in [6, 6.07) is 8.37. The third kappa shape index (κ3) is 5.47. The summed E-state index contributed by atoms with van der Waals surface area (Å²) in [4.78, 5) is 9.91. The van der Waals surface area contributed by atoms with Crippen molar-refractivity contribution in [1.29, 1.82) is 0 Å². The van der Waals surface area contributed by atoms with Crippen LogP contribution in [0.15, 0.2) is 29.3 Å². The standard InChI is InChI=1S/C21H34N4OS/c1-5-22-20(25-11-12-27-21(2,3)16-25)23-14-17-9-10-24(15-17)18-7-6-8-19(13-18)26-4/h6-8,13,17H,5,9-12,14-16H2,1-4H3,(H,22,23). The normalized spacial score (nSPS) is 22.8. The van der Waals surface area contributed by atoms with Crippen molar-refractivity contribution in [2.75, 3.05) is 57.0 Å². The van der Waals surface area contributed by atoms with Crippen molar-refractivity contribution in [2.45, 2.75) is 31.9 Å². The number of hydrogen-bond donors (Lipinski definition) is 1. The fraction of sp³-hybridized carbons (Fsp3) is 0.667. The second kappa shape index (κ2) is 9.09. The zero-order valence-corrected chi connectivity index (χ0v) is 18.0. The number of rotatable bonds is 5. The first kappa shape index (κ1) is 20.2. The first-order valence-electron chi connectivity index (χ1n) is 10.1. The quantitative estimate of drug-likeness (QED) is 0.617. The molecule has 27 heavy (non-hydrogen) atoms. The monoisotopic (exact) mass is 390 g/mol. The summed E-state index contributed by atoms with van der Waals surface area (Å²) in [7, 11) is 1.73. The Morgan fingerprint density at radius 2 is 2.22 bits per heavy atom. The third-order valence-electron chi connectivity index (χ3n) is 5.26. The summed E-state index contributed by atoms with van der Waals surface area (Å²) in [5, 5.41) is 3.51. The van der Waals surface area contributed by atoms with Gasteiger partial charge in [0.25, 0.3) is 0 Å². The van der Waals surface area contributed by atoms with Gasteiger partial charge in [0.05, 0.1) is 7.11 Å². The summed E-state index contributed by atoms with van der Waals surface area (Å²) >= 11 is 2.06. The lowest BCUT2D eigenvalue weighted by Crippen LogP contribution is -2.51. The average Bonchev–Trinajstić information content (AvgIpc) is 3.13. The van der Waals surface area contributed by atoms with E-state index in [9.17, 15) is 0 Å². The van der Waals surface area contributed by atoms with E-state index in [0.29, 0.717) is 10.7 Å². The number of nitrogens with zero attached hydrogens (tertiary/aromatic N) is 3. The molecule has 0 radical (unpaired) electrons. The van der Waals surface area contributed by atoms with Crippen LogP contribution in [0.5, 0.6) is 5.75 Å². The van der Waals surface area contributed by atoms with Gasteiger partial charge in [-0.2, -0.15) is 11.8 Å². The van der Waals surface area contributed by atoms with Gasteiger partial charge in [-0.3, -0.25) is 4.99 Å². The predicted octanol–water partition coefficient (Wildman–Crippen LogP) is 3.31. The highest BCUT2D eigenvalue weighted by molar-refractivity contribution is 8.00. The van der Waals surface area contributed by atoms with Crippen LogP contribution in [0.4, 0.5) is 5.69 Å². The van der Waals surface area contributed by atoms with Gasteiger partial charge in [-0.05, 0) is 45.2 Å². The lowest BCUT2D eigenvalue weighted by molar-refractivity contribution is 0.374. The maximum atomic E-state index is 5.37. The predicted molar refractivity (Wildman–Crippen MR) is 117 cm³/mol. The number of methoxy groups -OCH3 is 1. The molecule has 2 aliphatic heterocycles. The minimum Gasteiger partial charge on any atom is -0.497 e. The number of hydrogen-bond acceptors (Lipinski definition) is 4. The molecule has 1 aromatic carbocycles. The van der Waals surface area contributed by atoms with Crippen molar-refractivity contribution in [2.24, 2.45) is 10.9 Å². The number of aliphatic imine (C=N–C) groups is 1. The van der Waals surface area contributed by atoms with Gasteiger partial charge >= 0.3 is 0 Å². The molecule has 0 aliphatic carbocycles. The van der Waals surface area contributed by atoms with Gasteiger partial charge in [-0.15, -0.1) is 0 Å². The fourth-order valence-corrected chi connectivity index (χ4v) is 4.97. The number of benzene rings is 1. The van der Waals surface area contributed by atoms with Crippen LogP contribution in [-0.2, 0) is 0 Å². The Kier molecular flexibility index (Phi) is 6.79. The molecule has 2 heterocycles. The first-order valence-corrected chi connectivity index (χ1v) is 11.1. The van der Waals surface area contributed by atoms with Gasteiger partial charge in [-0.25, -0.2) is 0 Å². The topological polar surface area (TPSA) is 40.1 Å². The largest absolute Gasteiger partial charge is 0.497 e. The summed E-state index contributed by atoms with van der Waals surface area (Å²) in [5.41, 5.74) is 1.25. The van der Waals surface area contributed by atoms with Gasteiger partial charge < -0.3 is 19.9 Å². The molecule has 2 aliphatic rings. The van der Waals surface area contributed by atoms with E-state index < -0.39 is 0 Å². The molecular weight excluding hydrogens is 356 g/mol. The van der Waals surface area contributed by atoms with Gasteiger partial charge in [0.2, 0.25) is 0 Å². The number of nitrogens with one attached hydrogen (secondary N) is 1. The van der Waals surface area contributed by atoms with E-state index in [1.54, 1.807) is 7.11 Å². The number of anilines is 1. The highest BCUT2D eigenvalue weighted by Crippen LogP contribution is 2.30. The molecule has 0 bridgehead atoms. The average molecular weight is 391 g/mol. The van der Waals surface area contributed by atoms with Crippen LogP contribution in [0.1, 0.15) is 27.2 Å². The molecule has 1 unspecified atom stereocenters. The second-order valence-electron chi connectivity index (χ2n) is 8.03. The summed E-state index contributed by atoms with van der Waals surface area (Å²) < 4.78 is 5.66. The van der Waals surface area contributed by atoms with E-state index in [4.69, 9.17) is 9.73 Å². The Morgan fingerprint density at radius 3 is 2.96 bits per heavy atom. The van der Waals surface area contributed by atoms with Crippen molar-refractivity contribution >= 4 is 23.4 Å². The molecule has 0 amide bonds. The number of guanidine groups is 1. The van der Waals surface area contributed by atoms with Crippen molar-refractivity contribution in [3.63, 3.8) is 0 Å². The molecule has 5 nitrogen and oxygen atoms in total. The van der Waals surface area contributed by atoms with Crippen molar-refractivity contribution in [1.82, 2.24) is 10.2 Å². The van der Waals surface area contributed by atoms with Crippen LogP contribution in [0, 0.1) is 5.92 Å². The summed E-state index contributed by atoms with van der Waals surface area (Å²) in [6.07, 6.45) is 1.20. The Balaban J connectivity index is 1.60. The van der Waals surface area contributed by atoms with E-state index in [2.05, 4.69) is 65.8 Å². The van der Waals surface area contributed by atoms with Crippen LogP contribution < -0.4 is 15.0 Å². The fourth-order valence-electron chi connectivity index (χ4n) is 3.86. The molecule has 1 aromatic rings. The third-order valence-corrected chi connectivity index (χ3v) is 6.56. The molecule has 0 aromatic heterocycles. The molecule has 2 saturated heterocycles. The van der Waals surface area contributed by atoms with E-state index in [1.807, 2.05) is 6.07 Å². The van der Waals surface area contributed by atoms with E-state index in [-0.39, 0.29) is 0 Å². The van der Waals surface area contributed by atoms with Crippen LogP contribution in [0.2, 0.25) is 0 Å². The molecular formula is C21H34N4OS. The number of thioether (sulfide) groups is 1. The molecule has 0 spiro atoms. The maximum absolute atomic E-state index is 5.37. The van der Waals surface area contributed by atoms with Crippen LogP contribution in [0.25, 0.3) is 0 Å². The van der Waals surface area contributed by atoms with E-state index in [0.717, 1.165) is 51.0 Å². The highest BCUT2D eigenvalue weighted by Gasteiger charge is 2.29. The van der Waals surface area contributed by atoms with Gasteiger partial charge in [0, 0.05) is 61.5 Å². The van der Waals surface area contributed by atoms with Crippen molar-refractivity contribution < 1.29 is 4.74 Å². The molecule has 1 N–H and O–H groups in total. The minimum absolute atomic E-state index is 0.297. The molecule has 3 rings (SSSR count). The Bertz CT molecular complexity index is 649. The number of ether oxygens (including phenoxy) is 1. The zero-order chi connectivity index (χ0) is 19.3. The smallest absolute Gasteiger partial charge is 0.193 e. The Morgan fingerprint density at radius 1 is 1.37 bits per heavy atom. The van der Waals surface area contributed by atoms with Gasteiger partial charge in [-0.1, -0.05) is 6.07 Å². The van der Waals surface area contributed by atoms with Crippen LogP contribution in [0.3, 0.4) is 0 Å². The SMILES string of the molecule is CCNC(=NCC1CCN(c2cccc(OC)c2)C1)N1CCSC(C)(C)C1. The van der Waals surface area contributed by atoms with Gasteiger partial charge in [0.1, 0.15) is 5.75 Å². The molecule has 1 atom stereocenters. The minimum atomic E-state index is 0.297. The maximum Gasteiger partial charge on any atom is 0.193 e. The Hall–Kier alpha value is -1.56. The molecule has 2 fully saturated rings. The zero-order valence-electron chi connectivity index (χ0n) is 17.2. The molecule has 150 valence electrons.